The predicted octanol–water partition coefficient (Wildman–Crippen LogP) is 3.41. The van der Waals surface area contributed by atoms with Gasteiger partial charge in [0.05, 0.1) is 12.5 Å². The number of thioether (sulfide) groups is 1. The number of carbonyl (C=O) groups excluding carboxylic acids is 1. The van der Waals surface area contributed by atoms with Crippen LogP contribution in [-0.4, -0.2) is 48.9 Å². The second-order valence-corrected chi connectivity index (χ2v) is 8.41. The maximum Gasteiger partial charge on any atom is 0.309 e. The van der Waals surface area contributed by atoms with Crippen LogP contribution in [0.2, 0.25) is 0 Å². The molecule has 2 rings (SSSR count). The lowest BCUT2D eigenvalue weighted by Crippen LogP contribution is -2.39. The summed E-state index contributed by atoms with van der Waals surface area (Å²) < 4.78 is 5.37. The van der Waals surface area contributed by atoms with Crippen LogP contribution in [0.25, 0.3) is 0 Å². The molecule has 0 amide bonds. The van der Waals surface area contributed by atoms with Crippen molar-refractivity contribution in [3.05, 3.63) is 30.3 Å². The summed E-state index contributed by atoms with van der Waals surface area (Å²) in [6.45, 7) is 7.63. The smallest absolute Gasteiger partial charge is 0.309 e. The van der Waals surface area contributed by atoms with E-state index in [-0.39, 0.29) is 17.9 Å². The number of hydrogen-bond acceptors (Lipinski definition) is 5. The lowest BCUT2D eigenvalue weighted by Gasteiger charge is -2.31. The molecule has 1 saturated heterocycles. The number of benzene rings is 1. The van der Waals surface area contributed by atoms with Crippen LogP contribution in [-0.2, 0) is 9.53 Å². The Morgan fingerprint density at radius 3 is 2.60 bits per heavy atom. The highest BCUT2D eigenvalue weighted by Crippen LogP contribution is 2.21. The average Bonchev–Trinajstić information content (AvgIpc) is 2.64. The van der Waals surface area contributed by atoms with Crippen LogP contribution < -0.4 is 5.73 Å². The van der Waals surface area contributed by atoms with Crippen LogP contribution in [0.4, 0.5) is 0 Å². The topological polar surface area (TPSA) is 55.6 Å². The fraction of sp³-hybridized carbons (Fsp3) is 0.650. The zero-order valence-electron chi connectivity index (χ0n) is 15.5. The molecule has 1 fully saturated rings. The molecule has 25 heavy (non-hydrogen) atoms. The van der Waals surface area contributed by atoms with Gasteiger partial charge in [0.2, 0.25) is 0 Å². The average molecular weight is 365 g/mol. The molecule has 1 atom stereocenters. The lowest BCUT2D eigenvalue weighted by atomic mass is 9.96. The summed E-state index contributed by atoms with van der Waals surface area (Å²) in [6, 6.07) is 10.6. The highest BCUT2D eigenvalue weighted by molar-refractivity contribution is 7.99. The Balaban J connectivity index is 1.59. The van der Waals surface area contributed by atoms with Crippen molar-refractivity contribution in [1.29, 1.82) is 0 Å². The molecule has 0 bridgehead atoms. The quantitative estimate of drug-likeness (QED) is 0.537. The summed E-state index contributed by atoms with van der Waals surface area (Å²) in [5, 5.41) is 0. The molecule has 140 valence electrons. The van der Waals surface area contributed by atoms with Crippen LogP contribution in [0.1, 0.15) is 33.1 Å². The molecule has 2 N–H and O–H groups in total. The number of nitrogens with two attached hydrogens (primary N) is 1. The molecule has 0 unspecified atom stereocenters. The van der Waals surface area contributed by atoms with Crippen LogP contribution in [0.3, 0.4) is 0 Å². The van der Waals surface area contributed by atoms with E-state index >= 15 is 0 Å². The predicted molar refractivity (Wildman–Crippen MR) is 105 cm³/mol. The molecular weight excluding hydrogens is 332 g/mol. The number of nitrogens with zero attached hydrogens (tertiary/aromatic N) is 1. The largest absolute Gasteiger partial charge is 0.465 e. The van der Waals surface area contributed by atoms with E-state index in [9.17, 15) is 4.79 Å². The van der Waals surface area contributed by atoms with Crippen molar-refractivity contribution in [3.8, 4) is 0 Å². The first-order chi connectivity index (χ1) is 12.0. The van der Waals surface area contributed by atoms with Crippen molar-refractivity contribution in [2.75, 3.05) is 32.0 Å². The molecule has 0 radical (unpaired) electrons. The summed E-state index contributed by atoms with van der Waals surface area (Å²) in [4.78, 5) is 15.7. The van der Waals surface area contributed by atoms with Crippen molar-refractivity contribution in [2.45, 2.75) is 44.0 Å². The van der Waals surface area contributed by atoms with Gasteiger partial charge in [0.25, 0.3) is 0 Å². The Morgan fingerprint density at radius 1 is 1.28 bits per heavy atom. The van der Waals surface area contributed by atoms with Gasteiger partial charge in [-0.1, -0.05) is 32.0 Å². The molecule has 0 aliphatic carbocycles. The third kappa shape index (κ3) is 7.80. The third-order valence-corrected chi connectivity index (χ3v) is 5.70. The van der Waals surface area contributed by atoms with Gasteiger partial charge in [-0.3, -0.25) is 4.79 Å². The Bertz CT molecular complexity index is 502. The van der Waals surface area contributed by atoms with E-state index in [1.54, 1.807) is 0 Å². The van der Waals surface area contributed by atoms with Crippen LogP contribution in [0, 0.1) is 11.8 Å². The second kappa shape index (κ2) is 10.8. The molecule has 0 aromatic heterocycles. The van der Waals surface area contributed by atoms with Gasteiger partial charge in [-0.25, -0.2) is 0 Å². The Morgan fingerprint density at radius 2 is 1.96 bits per heavy atom. The fourth-order valence-corrected chi connectivity index (χ4v) is 3.83. The monoisotopic (exact) mass is 364 g/mol. The number of esters is 1. The Labute approximate surface area is 156 Å². The maximum absolute atomic E-state index is 12.0. The minimum Gasteiger partial charge on any atom is -0.465 e. The highest BCUT2D eigenvalue weighted by atomic mass is 32.2. The molecule has 1 aliphatic heterocycles. The number of piperidine rings is 1. The molecular formula is C20H32N2O2S. The van der Waals surface area contributed by atoms with Crippen molar-refractivity contribution in [3.63, 3.8) is 0 Å². The van der Waals surface area contributed by atoms with Gasteiger partial charge < -0.3 is 15.4 Å². The van der Waals surface area contributed by atoms with Crippen LogP contribution in [0.15, 0.2) is 35.2 Å². The fourth-order valence-electron chi connectivity index (χ4n) is 2.91. The van der Waals surface area contributed by atoms with E-state index in [0.717, 1.165) is 44.6 Å². The molecule has 5 heteroatoms. The molecule has 0 saturated carbocycles. The molecule has 4 nitrogen and oxygen atoms in total. The zero-order chi connectivity index (χ0) is 18.1. The number of likely N-dealkylation sites (tertiary alicyclic amines) is 1. The number of hydrogen-bond donors (Lipinski definition) is 1. The SMILES string of the molecule is CC(C)COC(=O)C1CCN(CC[C@@H](N)CSc2ccccc2)CC1. The lowest BCUT2D eigenvalue weighted by molar-refractivity contribution is -0.151. The number of carbonyl (C=O) groups is 1. The van der Waals surface area contributed by atoms with Gasteiger partial charge in [0.1, 0.15) is 0 Å². The first kappa shape index (κ1) is 20.3. The van der Waals surface area contributed by atoms with E-state index in [0.29, 0.717) is 12.5 Å². The third-order valence-electron chi connectivity index (χ3n) is 4.50. The van der Waals surface area contributed by atoms with E-state index < -0.39 is 0 Å². The Kier molecular flexibility index (Phi) is 8.79. The molecule has 1 aromatic carbocycles. The van der Waals surface area contributed by atoms with E-state index in [2.05, 4.69) is 43.0 Å². The molecule has 0 spiro atoms. The van der Waals surface area contributed by atoms with E-state index in [4.69, 9.17) is 10.5 Å². The molecule has 1 aliphatic rings. The maximum atomic E-state index is 12.0. The summed E-state index contributed by atoms with van der Waals surface area (Å²) in [6.07, 6.45) is 2.82. The Hall–Kier alpha value is -1.04. The van der Waals surface area contributed by atoms with Crippen LogP contribution in [0.5, 0.6) is 0 Å². The van der Waals surface area contributed by atoms with Crippen molar-refractivity contribution in [2.24, 2.45) is 17.6 Å². The minimum atomic E-state index is -0.00990. The van der Waals surface area contributed by atoms with Crippen molar-refractivity contribution in [1.82, 2.24) is 4.90 Å². The van der Waals surface area contributed by atoms with Gasteiger partial charge in [-0.2, -0.15) is 0 Å². The second-order valence-electron chi connectivity index (χ2n) is 7.31. The van der Waals surface area contributed by atoms with Crippen LogP contribution >= 0.6 is 11.8 Å². The van der Waals surface area contributed by atoms with Crippen molar-refractivity contribution < 1.29 is 9.53 Å². The van der Waals surface area contributed by atoms with E-state index in [1.165, 1.54) is 4.90 Å². The van der Waals surface area contributed by atoms with Gasteiger partial charge in [-0.15, -0.1) is 11.8 Å². The van der Waals surface area contributed by atoms with Gasteiger partial charge in [0.15, 0.2) is 0 Å². The van der Waals surface area contributed by atoms with Gasteiger partial charge >= 0.3 is 5.97 Å². The summed E-state index contributed by atoms with van der Waals surface area (Å²) >= 11 is 1.82. The summed E-state index contributed by atoms with van der Waals surface area (Å²) in [5.74, 6) is 1.42. The van der Waals surface area contributed by atoms with Crippen molar-refractivity contribution >= 4 is 17.7 Å². The standard InChI is InChI=1S/C20H32N2O2S/c1-16(2)14-24-20(23)17-8-11-22(12-9-17)13-10-18(21)15-25-19-6-4-3-5-7-19/h3-7,16-18H,8-15,21H2,1-2H3/t18-/m1/s1. The molecule has 1 aromatic rings. The number of rotatable bonds is 9. The van der Waals surface area contributed by atoms with Gasteiger partial charge in [-0.05, 0) is 56.9 Å². The normalized spacial score (nSPS) is 17.6. The zero-order valence-corrected chi connectivity index (χ0v) is 16.3. The first-order valence-corrected chi connectivity index (χ1v) is 10.4. The minimum absolute atomic E-state index is 0.00990. The molecule has 1 heterocycles. The number of ether oxygens (including phenoxy) is 1. The first-order valence-electron chi connectivity index (χ1n) is 9.37. The summed E-state index contributed by atoms with van der Waals surface area (Å²) in [7, 11) is 0. The summed E-state index contributed by atoms with van der Waals surface area (Å²) in [5.41, 5.74) is 6.26. The highest BCUT2D eigenvalue weighted by Gasteiger charge is 2.26. The van der Waals surface area contributed by atoms with E-state index in [1.807, 2.05) is 17.8 Å². The van der Waals surface area contributed by atoms with Gasteiger partial charge in [0, 0.05) is 16.7 Å².